The third-order valence-electron chi connectivity index (χ3n) is 2.24. The summed E-state index contributed by atoms with van der Waals surface area (Å²) in [5.74, 6) is -7.18. The number of hydrogen-bond acceptors (Lipinski definition) is 2. The van der Waals surface area contributed by atoms with Gasteiger partial charge >= 0.3 is 98.6 Å². The van der Waals surface area contributed by atoms with Gasteiger partial charge in [0.05, 0.1) is 0 Å². The van der Waals surface area contributed by atoms with Gasteiger partial charge in [-0.15, -0.1) is 0 Å². The fourth-order valence-corrected chi connectivity index (χ4v) is 1.81. The van der Waals surface area contributed by atoms with Gasteiger partial charge in [0.15, 0.2) is 0 Å². The second kappa shape index (κ2) is 4.43. The van der Waals surface area contributed by atoms with Gasteiger partial charge in [-0.05, 0) is 0 Å². The van der Waals surface area contributed by atoms with Crippen LogP contribution in [-0.2, 0) is 3.80 Å². The fraction of sp³-hybridized carbons (Fsp3) is 0. The van der Waals surface area contributed by atoms with Crippen LogP contribution in [-0.4, -0.2) is 15.5 Å². The summed E-state index contributed by atoms with van der Waals surface area (Å²) in [5, 5.41) is -1.03. The number of fused-ring (bicyclic) bond motifs is 1. The summed E-state index contributed by atoms with van der Waals surface area (Å²) in [6.45, 7) is 0. The molecule has 86 valence electrons. The molecule has 0 aliphatic carbocycles. The van der Waals surface area contributed by atoms with Crippen LogP contribution in [0.3, 0.4) is 0 Å². The SMILES string of the molecule is [O]=[Al][O]c1cccc2c(F)c(F)c(F)c(F)c12. The van der Waals surface area contributed by atoms with Crippen molar-refractivity contribution in [3.63, 3.8) is 0 Å². The summed E-state index contributed by atoms with van der Waals surface area (Å²) in [6.07, 6.45) is 0. The summed E-state index contributed by atoms with van der Waals surface area (Å²) < 4.78 is 67.7. The number of halogens is 4. The van der Waals surface area contributed by atoms with E-state index >= 15 is 0 Å². The third kappa shape index (κ3) is 1.81. The van der Waals surface area contributed by atoms with Crippen molar-refractivity contribution in [2.75, 3.05) is 0 Å². The molecule has 2 aromatic rings. The maximum absolute atomic E-state index is 13.5. The molecule has 2 rings (SSSR count). The Hall–Kier alpha value is -1.45. The number of hydrogen-bond donors (Lipinski definition) is 0. The van der Waals surface area contributed by atoms with E-state index in [0.717, 1.165) is 6.07 Å². The summed E-state index contributed by atoms with van der Waals surface area (Å²) in [7, 11) is 0. The van der Waals surface area contributed by atoms with Crippen molar-refractivity contribution in [1.29, 1.82) is 0 Å². The molecule has 0 unspecified atom stereocenters. The van der Waals surface area contributed by atoms with Crippen LogP contribution in [0.4, 0.5) is 17.6 Å². The predicted octanol–water partition coefficient (Wildman–Crippen LogP) is 2.74. The molecule has 0 amide bonds. The molecule has 17 heavy (non-hydrogen) atoms. The molecule has 0 saturated heterocycles. The van der Waals surface area contributed by atoms with Crippen molar-refractivity contribution in [3.8, 4) is 5.75 Å². The summed E-state index contributed by atoms with van der Waals surface area (Å²) >= 11 is -1.72. The molecular formula is C10H3AlF4O2. The van der Waals surface area contributed by atoms with Crippen molar-refractivity contribution in [3.05, 3.63) is 41.5 Å². The van der Waals surface area contributed by atoms with Gasteiger partial charge in [0.1, 0.15) is 0 Å². The van der Waals surface area contributed by atoms with E-state index in [2.05, 4.69) is 3.79 Å². The zero-order chi connectivity index (χ0) is 12.6. The molecule has 2 aromatic carbocycles. The molecule has 0 aliphatic heterocycles. The molecule has 0 radical (unpaired) electrons. The monoisotopic (exact) mass is 258 g/mol. The molecule has 0 aromatic heterocycles. The average molecular weight is 258 g/mol. The Balaban J connectivity index is 2.95. The molecule has 0 N–H and O–H groups in total. The van der Waals surface area contributed by atoms with Gasteiger partial charge in [0, 0.05) is 0 Å². The molecule has 0 bridgehead atoms. The van der Waals surface area contributed by atoms with Crippen LogP contribution in [0.1, 0.15) is 0 Å². The molecule has 0 aliphatic rings. The Morgan fingerprint density at radius 1 is 0.941 bits per heavy atom. The summed E-state index contributed by atoms with van der Waals surface area (Å²) in [5.41, 5.74) is 0. The first kappa shape index (κ1) is 12.0. The van der Waals surface area contributed by atoms with E-state index in [4.69, 9.17) is 0 Å². The van der Waals surface area contributed by atoms with E-state index < -0.39 is 49.5 Å². The zero-order valence-corrected chi connectivity index (χ0v) is 9.29. The molecule has 0 atom stereocenters. The van der Waals surface area contributed by atoms with Crippen molar-refractivity contribution in [2.45, 2.75) is 0 Å². The van der Waals surface area contributed by atoms with Crippen LogP contribution in [0.2, 0.25) is 0 Å². The molecule has 0 spiro atoms. The normalized spacial score (nSPS) is 10.4. The van der Waals surface area contributed by atoms with E-state index in [1.807, 2.05) is 0 Å². The second-order valence-electron chi connectivity index (χ2n) is 3.15. The Bertz CT molecular complexity index is 615. The quantitative estimate of drug-likeness (QED) is 0.358. The standard InChI is InChI=1S/C10H4F4O.Al.O/c11-7-4-2-1-3-5(15)6(4)8(12)10(14)9(7)13;;/h1-3,15H;;/q;+1;/p-1. The first-order valence-electron chi connectivity index (χ1n) is 4.43. The van der Waals surface area contributed by atoms with Crippen LogP contribution in [0, 0.1) is 23.3 Å². The fourth-order valence-electron chi connectivity index (χ4n) is 1.51. The topological polar surface area (TPSA) is 26.3 Å². The summed E-state index contributed by atoms with van der Waals surface area (Å²) in [4.78, 5) is 0. The number of benzene rings is 2. The van der Waals surface area contributed by atoms with E-state index in [9.17, 15) is 21.4 Å². The number of rotatable bonds is 2. The van der Waals surface area contributed by atoms with E-state index in [-0.39, 0.29) is 5.75 Å². The molecule has 7 heteroatoms. The van der Waals surface area contributed by atoms with Gasteiger partial charge in [0.25, 0.3) is 0 Å². The Morgan fingerprint density at radius 2 is 1.59 bits per heavy atom. The van der Waals surface area contributed by atoms with Crippen LogP contribution in [0.25, 0.3) is 10.8 Å². The van der Waals surface area contributed by atoms with Crippen LogP contribution in [0.5, 0.6) is 5.75 Å². The van der Waals surface area contributed by atoms with Crippen molar-refractivity contribution >= 4 is 26.3 Å². The van der Waals surface area contributed by atoms with Crippen LogP contribution < -0.4 is 3.79 Å². The van der Waals surface area contributed by atoms with Gasteiger partial charge in [-0.2, -0.15) is 0 Å². The minimum atomic E-state index is -1.92. The van der Waals surface area contributed by atoms with Crippen molar-refractivity contribution in [1.82, 2.24) is 0 Å². The van der Waals surface area contributed by atoms with Gasteiger partial charge < -0.3 is 0 Å². The molecule has 0 heterocycles. The third-order valence-corrected chi connectivity index (χ3v) is 2.59. The first-order chi connectivity index (χ1) is 8.07. The summed E-state index contributed by atoms with van der Waals surface area (Å²) in [6, 6.07) is 3.52. The maximum atomic E-state index is 13.5. The Morgan fingerprint density at radius 3 is 2.24 bits per heavy atom. The van der Waals surface area contributed by atoms with Gasteiger partial charge in [-0.1, -0.05) is 0 Å². The van der Waals surface area contributed by atoms with Gasteiger partial charge in [-0.25, -0.2) is 0 Å². The van der Waals surface area contributed by atoms with Crippen molar-refractivity contribution < 1.29 is 25.2 Å². The van der Waals surface area contributed by atoms with E-state index in [1.54, 1.807) is 0 Å². The molecule has 0 saturated carbocycles. The molecule has 0 fully saturated rings. The van der Waals surface area contributed by atoms with Crippen LogP contribution >= 0.6 is 0 Å². The first-order valence-corrected chi connectivity index (χ1v) is 5.37. The van der Waals surface area contributed by atoms with Crippen LogP contribution in [0.15, 0.2) is 18.2 Å². The predicted molar refractivity (Wildman–Crippen MR) is 50.8 cm³/mol. The van der Waals surface area contributed by atoms with E-state index in [1.165, 1.54) is 12.1 Å². The minimum absolute atomic E-state index is 0.289. The van der Waals surface area contributed by atoms with Crippen molar-refractivity contribution in [2.24, 2.45) is 0 Å². The second-order valence-corrected chi connectivity index (χ2v) is 3.58. The van der Waals surface area contributed by atoms with E-state index in [0.29, 0.717) is 0 Å². The Kier molecular flexibility index (Phi) is 3.14. The molecular weight excluding hydrogens is 255 g/mol. The average Bonchev–Trinajstić information content (AvgIpc) is 2.34. The zero-order valence-electron chi connectivity index (χ0n) is 8.14. The van der Waals surface area contributed by atoms with Gasteiger partial charge in [-0.3, -0.25) is 0 Å². The Labute approximate surface area is 99.1 Å². The van der Waals surface area contributed by atoms with Gasteiger partial charge in [0.2, 0.25) is 0 Å². The molecule has 2 nitrogen and oxygen atoms in total.